The van der Waals surface area contributed by atoms with E-state index in [1.165, 1.54) is 0 Å². The molecule has 6 heteroatoms. The average molecular weight is 386 g/mol. The fourth-order valence-corrected chi connectivity index (χ4v) is 3.44. The van der Waals surface area contributed by atoms with Crippen molar-refractivity contribution in [3.05, 3.63) is 64.7 Å². The van der Waals surface area contributed by atoms with Crippen molar-refractivity contribution in [1.82, 2.24) is 10.2 Å². The first-order valence-corrected chi connectivity index (χ1v) is 9.57. The molecule has 3 rings (SSSR count). The molecule has 0 aromatic heterocycles. The summed E-state index contributed by atoms with van der Waals surface area (Å²) < 4.78 is 0. The monoisotopic (exact) mass is 385 g/mol. The molecule has 0 radical (unpaired) electrons. The van der Waals surface area contributed by atoms with Crippen molar-refractivity contribution in [2.24, 2.45) is 5.92 Å². The molecule has 2 amide bonds. The van der Waals surface area contributed by atoms with E-state index in [2.05, 4.69) is 5.32 Å². The van der Waals surface area contributed by atoms with Crippen molar-refractivity contribution in [1.29, 1.82) is 0 Å². The molecule has 0 bridgehead atoms. The van der Waals surface area contributed by atoms with E-state index in [4.69, 9.17) is 17.3 Å². The van der Waals surface area contributed by atoms with Gasteiger partial charge in [0.25, 0.3) is 5.91 Å². The molecule has 1 saturated heterocycles. The first-order valence-electron chi connectivity index (χ1n) is 9.20. The van der Waals surface area contributed by atoms with Crippen LogP contribution in [0.3, 0.4) is 0 Å². The van der Waals surface area contributed by atoms with Crippen molar-refractivity contribution in [3.8, 4) is 0 Å². The third-order valence-electron chi connectivity index (χ3n) is 4.86. The highest BCUT2D eigenvalue weighted by molar-refractivity contribution is 6.30. The smallest absolute Gasteiger partial charge is 0.253 e. The number of nitrogens with zero attached hydrogens (tertiary/aromatic N) is 1. The van der Waals surface area contributed by atoms with Crippen LogP contribution >= 0.6 is 11.6 Å². The number of benzene rings is 2. The Kier molecular flexibility index (Phi) is 6.35. The number of likely N-dealkylation sites (tertiary alicyclic amines) is 1. The number of piperidine rings is 1. The van der Waals surface area contributed by atoms with Crippen molar-refractivity contribution in [3.63, 3.8) is 0 Å². The molecule has 1 fully saturated rings. The number of rotatable bonds is 5. The maximum Gasteiger partial charge on any atom is 0.253 e. The van der Waals surface area contributed by atoms with Crippen LogP contribution in [0.4, 0.5) is 5.69 Å². The number of hydrogen-bond acceptors (Lipinski definition) is 3. The summed E-state index contributed by atoms with van der Waals surface area (Å²) in [6, 6.07) is 14.5. The van der Waals surface area contributed by atoms with Crippen LogP contribution in [0.15, 0.2) is 48.5 Å². The number of halogens is 1. The van der Waals surface area contributed by atoms with Gasteiger partial charge in [0.1, 0.15) is 0 Å². The van der Waals surface area contributed by atoms with Crippen LogP contribution in [0.2, 0.25) is 5.02 Å². The molecule has 5 nitrogen and oxygen atoms in total. The normalized spacial score (nSPS) is 16.8. The first kappa shape index (κ1) is 19.2. The zero-order valence-corrected chi connectivity index (χ0v) is 15.9. The maximum absolute atomic E-state index is 12.6. The molecule has 3 N–H and O–H groups in total. The lowest BCUT2D eigenvalue weighted by Gasteiger charge is -2.32. The number of anilines is 1. The Labute approximate surface area is 164 Å². The fraction of sp³-hybridized carbons (Fsp3) is 0.333. The van der Waals surface area contributed by atoms with E-state index < -0.39 is 0 Å². The summed E-state index contributed by atoms with van der Waals surface area (Å²) in [5.41, 5.74) is 8.14. The van der Waals surface area contributed by atoms with E-state index in [9.17, 15) is 9.59 Å². The number of carbonyl (C=O) groups excluding carboxylic acids is 2. The lowest BCUT2D eigenvalue weighted by Crippen LogP contribution is -2.45. The van der Waals surface area contributed by atoms with Crippen LogP contribution in [0.25, 0.3) is 0 Å². The minimum absolute atomic E-state index is 0.0130. The van der Waals surface area contributed by atoms with Crippen LogP contribution in [-0.4, -0.2) is 36.3 Å². The van der Waals surface area contributed by atoms with Crippen LogP contribution in [0.5, 0.6) is 0 Å². The Bertz CT molecular complexity index is 790. The zero-order valence-electron chi connectivity index (χ0n) is 15.2. The van der Waals surface area contributed by atoms with Gasteiger partial charge < -0.3 is 16.0 Å². The highest BCUT2D eigenvalue weighted by Gasteiger charge is 2.28. The summed E-state index contributed by atoms with van der Waals surface area (Å²) in [5, 5.41) is 3.60. The minimum atomic E-state index is -0.165. The highest BCUT2D eigenvalue weighted by Crippen LogP contribution is 2.20. The molecule has 1 aliphatic rings. The van der Waals surface area contributed by atoms with Gasteiger partial charge in [0.05, 0.1) is 5.92 Å². The van der Waals surface area contributed by atoms with Crippen molar-refractivity contribution in [2.75, 3.05) is 25.4 Å². The number of nitrogens with two attached hydrogens (primary N) is 1. The Balaban J connectivity index is 1.50. The van der Waals surface area contributed by atoms with Gasteiger partial charge in [-0.1, -0.05) is 23.7 Å². The molecule has 0 saturated carbocycles. The lowest BCUT2D eigenvalue weighted by atomic mass is 9.96. The molecule has 1 heterocycles. The Hall–Kier alpha value is -2.53. The van der Waals surface area contributed by atoms with Crippen LogP contribution < -0.4 is 11.1 Å². The summed E-state index contributed by atoms with van der Waals surface area (Å²) in [7, 11) is 0. The van der Waals surface area contributed by atoms with Crippen molar-refractivity contribution < 1.29 is 9.59 Å². The largest absolute Gasteiger partial charge is 0.399 e. The number of nitrogen functional groups attached to an aromatic ring is 1. The van der Waals surface area contributed by atoms with Gasteiger partial charge in [-0.25, -0.2) is 0 Å². The predicted molar refractivity (Wildman–Crippen MR) is 108 cm³/mol. The number of carbonyl (C=O) groups is 2. The molecule has 27 heavy (non-hydrogen) atoms. The van der Waals surface area contributed by atoms with Crippen molar-refractivity contribution >= 4 is 29.1 Å². The molecule has 2 aromatic carbocycles. The third-order valence-corrected chi connectivity index (χ3v) is 5.12. The van der Waals surface area contributed by atoms with Gasteiger partial charge in [-0.3, -0.25) is 9.59 Å². The van der Waals surface area contributed by atoms with Crippen LogP contribution in [0, 0.1) is 5.92 Å². The van der Waals surface area contributed by atoms with E-state index in [1.54, 1.807) is 29.2 Å². The molecular formula is C21H24ClN3O2. The number of nitrogens with one attached hydrogen (secondary N) is 1. The van der Waals surface area contributed by atoms with Crippen LogP contribution in [-0.2, 0) is 11.2 Å². The van der Waals surface area contributed by atoms with Crippen LogP contribution in [0.1, 0.15) is 28.8 Å². The van der Waals surface area contributed by atoms with Gasteiger partial charge >= 0.3 is 0 Å². The van der Waals surface area contributed by atoms with E-state index in [1.807, 2.05) is 24.3 Å². The zero-order chi connectivity index (χ0) is 19.2. The highest BCUT2D eigenvalue weighted by atomic mass is 35.5. The summed E-state index contributed by atoms with van der Waals surface area (Å²) >= 11 is 5.88. The lowest BCUT2D eigenvalue weighted by molar-refractivity contribution is -0.126. The van der Waals surface area contributed by atoms with E-state index in [0.29, 0.717) is 30.2 Å². The second-order valence-corrected chi connectivity index (χ2v) is 7.32. The van der Waals surface area contributed by atoms with Gasteiger partial charge in [0.2, 0.25) is 5.91 Å². The molecule has 2 aromatic rings. The Morgan fingerprint density at radius 1 is 1.11 bits per heavy atom. The summed E-state index contributed by atoms with van der Waals surface area (Å²) in [4.78, 5) is 26.9. The van der Waals surface area contributed by atoms with Crippen molar-refractivity contribution in [2.45, 2.75) is 19.3 Å². The molecule has 0 aliphatic carbocycles. The first-order chi connectivity index (χ1) is 13.0. The average Bonchev–Trinajstić information content (AvgIpc) is 2.69. The topological polar surface area (TPSA) is 75.4 Å². The van der Waals surface area contributed by atoms with Gasteiger partial charge in [0, 0.05) is 35.9 Å². The quantitative estimate of drug-likeness (QED) is 0.776. The van der Waals surface area contributed by atoms with E-state index in [0.717, 1.165) is 30.5 Å². The summed E-state index contributed by atoms with van der Waals surface area (Å²) in [6.45, 7) is 1.70. The number of hydrogen-bond donors (Lipinski definition) is 2. The SMILES string of the molecule is Nc1ccc(CCNC(=O)C2CCCN(C(=O)c3ccc(Cl)cc3)C2)cc1. The predicted octanol–water partition coefficient (Wildman–Crippen LogP) is 3.13. The molecule has 1 unspecified atom stereocenters. The van der Waals surface area contributed by atoms with Gasteiger partial charge in [-0.15, -0.1) is 0 Å². The van der Waals surface area contributed by atoms with Gasteiger partial charge in [-0.2, -0.15) is 0 Å². The minimum Gasteiger partial charge on any atom is -0.399 e. The standard InChI is InChI=1S/C21H24ClN3O2/c22-18-7-5-16(6-8-18)21(27)25-13-1-2-17(14-25)20(26)24-12-11-15-3-9-19(23)10-4-15/h3-10,17H,1-2,11-14,23H2,(H,24,26). The third kappa shape index (κ3) is 5.23. The summed E-state index contributed by atoms with van der Waals surface area (Å²) in [5.74, 6) is -0.202. The Morgan fingerprint density at radius 3 is 2.52 bits per heavy atom. The maximum atomic E-state index is 12.6. The molecular weight excluding hydrogens is 362 g/mol. The molecule has 0 spiro atoms. The molecule has 1 atom stereocenters. The van der Waals surface area contributed by atoms with Gasteiger partial charge in [0.15, 0.2) is 0 Å². The second kappa shape index (κ2) is 8.91. The Morgan fingerprint density at radius 2 is 1.81 bits per heavy atom. The number of amides is 2. The van der Waals surface area contributed by atoms with E-state index in [-0.39, 0.29) is 17.7 Å². The molecule has 142 valence electrons. The van der Waals surface area contributed by atoms with Gasteiger partial charge in [-0.05, 0) is 61.2 Å². The summed E-state index contributed by atoms with van der Waals surface area (Å²) in [6.07, 6.45) is 2.39. The van der Waals surface area contributed by atoms with E-state index >= 15 is 0 Å². The molecule has 1 aliphatic heterocycles. The second-order valence-electron chi connectivity index (χ2n) is 6.88. The fourth-order valence-electron chi connectivity index (χ4n) is 3.31.